The highest BCUT2D eigenvalue weighted by Gasteiger charge is 2.08. The number of pyridine rings is 1. The van der Waals surface area contributed by atoms with Gasteiger partial charge in [0.2, 0.25) is 5.82 Å². The lowest BCUT2D eigenvalue weighted by Gasteiger charge is -2.07. The minimum atomic E-state index is -0.990. The van der Waals surface area contributed by atoms with Crippen LogP contribution in [0, 0.1) is 11.6 Å². The van der Waals surface area contributed by atoms with Gasteiger partial charge in [-0.25, -0.2) is 9.37 Å². The molecule has 1 heterocycles. The molecule has 1 aromatic heterocycles. The van der Waals surface area contributed by atoms with Crippen LogP contribution in [0.25, 0.3) is 0 Å². The highest BCUT2D eigenvalue weighted by atomic mass is 19.2. The van der Waals surface area contributed by atoms with E-state index in [1.54, 1.807) is 12.1 Å². The van der Waals surface area contributed by atoms with Gasteiger partial charge in [-0.15, -0.1) is 0 Å². The predicted molar refractivity (Wildman–Crippen MR) is 59.3 cm³/mol. The number of hydrogen-bond acceptors (Lipinski definition) is 3. The van der Waals surface area contributed by atoms with Gasteiger partial charge < -0.3 is 10.5 Å². The highest BCUT2D eigenvalue weighted by molar-refractivity contribution is 5.30. The predicted octanol–water partition coefficient (Wildman–Crippen LogP) is 2.52. The lowest BCUT2D eigenvalue weighted by molar-refractivity contribution is 0.284. The summed E-state index contributed by atoms with van der Waals surface area (Å²) in [6, 6.07) is 7.10. The van der Waals surface area contributed by atoms with E-state index in [9.17, 15) is 8.78 Å². The Morgan fingerprint density at radius 3 is 2.71 bits per heavy atom. The minimum absolute atomic E-state index is 0.105. The zero-order valence-corrected chi connectivity index (χ0v) is 8.86. The first kappa shape index (κ1) is 11.3. The fourth-order valence-electron chi connectivity index (χ4n) is 1.28. The topological polar surface area (TPSA) is 48.1 Å². The number of rotatable bonds is 3. The number of halogens is 2. The van der Waals surface area contributed by atoms with Crippen LogP contribution < -0.4 is 10.5 Å². The van der Waals surface area contributed by atoms with Crippen molar-refractivity contribution in [2.24, 2.45) is 0 Å². The third kappa shape index (κ3) is 2.69. The fourth-order valence-corrected chi connectivity index (χ4v) is 1.28. The molecule has 0 saturated heterocycles. The van der Waals surface area contributed by atoms with Crippen LogP contribution in [0.2, 0.25) is 0 Å². The van der Waals surface area contributed by atoms with Crippen LogP contribution in [-0.2, 0) is 6.61 Å². The second-order valence-corrected chi connectivity index (χ2v) is 3.43. The average molecular weight is 236 g/mol. The summed E-state index contributed by atoms with van der Waals surface area (Å²) in [5.41, 5.74) is 6.14. The van der Waals surface area contributed by atoms with Gasteiger partial charge in [0, 0.05) is 11.8 Å². The Labute approximate surface area is 96.9 Å². The first-order valence-electron chi connectivity index (χ1n) is 4.94. The molecule has 0 aliphatic carbocycles. The number of nitrogens with two attached hydrogens (primary N) is 1. The van der Waals surface area contributed by atoms with E-state index in [2.05, 4.69) is 4.98 Å². The third-order valence-corrected chi connectivity index (χ3v) is 2.16. The van der Waals surface area contributed by atoms with Crippen LogP contribution >= 0.6 is 0 Å². The molecule has 0 spiro atoms. The molecule has 0 amide bonds. The van der Waals surface area contributed by atoms with Crippen LogP contribution in [0.4, 0.5) is 14.6 Å². The molecule has 5 heteroatoms. The van der Waals surface area contributed by atoms with Crippen molar-refractivity contribution in [3.8, 4) is 5.75 Å². The van der Waals surface area contributed by atoms with Crippen molar-refractivity contribution in [3.05, 3.63) is 53.7 Å². The van der Waals surface area contributed by atoms with E-state index in [-0.39, 0.29) is 12.4 Å². The van der Waals surface area contributed by atoms with Crippen LogP contribution in [0.1, 0.15) is 5.56 Å². The summed E-state index contributed by atoms with van der Waals surface area (Å²) in [4.78, 5) is 3.86. The molecule has 88 valence electrons. The van der Waals surface area contributed by atoms with Gasteiger partial charge in [0.1, 0.15) is 12.4 Å². The van der Waals surface area contributed by atoms with Crippen molar-refractivity contribution in [3.63, 3.8) is 0 Å². The lowest BCUT2D eigenvalue weighted by Crippen LogP contribution is -2.00. The van der Waals surface area contributed by atoms with Crippen molar-refractivity contribution in [1.82, 2.24) is 4.98 Å². The van der Waals surface area contributed by atoms with Gasteiger partial charge >= 0.3 is 0 Å². The summed E-state index contributed by atoms with van der Waals surface area (Å²) in [7, 11) is 0. The number of nitrogen functional groups attached to an aromatic ring is 1. The van der Waals surface area contributed by atoms with Crippen LogP contribution in [0.5, 0.6) is 5.75 Å². The Morgan fingerprint density at radius 2 is 2.00 bits per heavy atom. The van der Waals surface area contributed by atoms with E-state index in [0.29, 0.717) is 5.82 Å². The second kappa shape index (κ2) is 4.78. The number of benzene rings is 1. The lowest BCUT2D eigenvalue weighted by atomic mass is 10.3. The van der Waals surface area contributed by atoms with Gasteiger partial charge in [0.15, 0.2) is 11.6 Å². The van der Waals surface area contributed by atoms with Crippen LogP contribution in [0.15, 0.2) is 36.5 Å². The molecule has 0 aliphatic rings. The number of aromatic nitrogens is 1. The Morgan fingerprint density at radius 1 is 1.18 bits per heavy atom. The summed E-state index contributed by atoms with van der Waals surface area (Å²) in [6.07, 6.45) is 1.52. The molecule has 2 rings (SSSR count). The molecule has 0 aliphatic heterocycles. The second-order valence-electron chi connectivity index (χ2n) is 3.43. The van der Waals surface area contributed by atoms with Gasteiger partial charge in [-0.05, 0) is 18.2 Å². The Balaban J connectivity index is 2.07. The third-order valence-electron chi connectivity index (χ3n) is 2.16. The Hall–Kier alpha value is -2.17. The van der Waals surface area contributed by atoms with Gasteiger partial charge in [-0.2, -0.15) is 4.39 Å². The van der Waals surface area contributed by atoms with E-state index in [1.807, 2.05) is 0 Å². The normalized spacial score (nSPS) is 10.2. The molecule has 0 atom stereocenters. The first-order chi connectivity index (χ1) is 8.16. The maximum absolute atomic E-state index is 13.2. The van der Waals surface area contributed by atoms with Crippen LogP contribution in [-0.4, -0.2) is 4.98 Å². The van der Waals surface area contributed by atoms with E-state index in [4.69, 9.17) is 10.5 Å². The maximum atomic E-state index is 13.2. The molecule has 3 nitrogen and oxygen atoms in total. The highest BCUT2D eigenvalue weighted by Crippen LogP contribution is 2.20. The first-order valence-corrected chi connectivity index (χ1v) is 4.94. The molecule has 0 bridgehead atoms. The van der Waals surface area contributed by atoms with Gasteiger partial charge in [0.25, 0.3) is 0 Å². The number of hydrogen-bond donors (Lipinski definition) is 1. The monoisotopic (exact) mass is 236 g/mol. The van der Waals surface area contributed by atoms with E-state index < -0.39 is 11.6 Å². The van der Waals surface area contributed by atoms with Crippen molar-refractivity contribution < 1.29 is 13.5 Å². The Kier molecular flexibility index (Phi) is 3.18. The van der Waals surface area contributed by atoms with Crippen LogP contribution in [0.3, 0.4) is 0 Å². The van der Waals surface area contributed by atoms with E-state index in [0.717, 1.165) is 11.6 Å². The summed E-state index contributed by atoms with van der Waals surface area (Å²) < 4.78 is 31.3. The zero-order chi connectivity index (χ0) is 12.3. The maximum Gasteiger partial charge on any atom is 0.200 e. The van der Waals surface area contributed by atoms with Gasteiger partial charge in [-0.3, -0.25) is 0 Å². The number of nitrogens with zero attached hydrogens (tertiary/aromatic N) is 1. The average Bonchev–Trinajstić information content (AvgIpc) is 2.33. The van der Waals surface area contributed by atoms with E-state index >= 15 is 0 Å². The van der Waals surface area contributed by atoms with Crippen molar-refractivity contribution in [2.45, 2.75) is 6.61 Å². The molecule has 0 saturated carbocycles. The summed E-state index contributed by atoms with van der Waals surface area (Å²) in [5, 5.41) is 0. The van der Waals surface area contributed by atoms with Crippen molar-refractivity contribution in [2.75, 3.05) is 5.73 Å². The van der Waals surface area contributed by atoms with Crippen molar-refractivity contribution in [1.29, 1.82) is 0 Å². The number of anilines is 1. The molecule has 2 aromatic rings. The fraction of sp³-hybridized carbons (Fsp3) is 0.0833. The SMILES string of the molecule is Nc1ccc(COc2cccc(F)c2F)cn1. The van der Waals surface area contributed by atoms with E-state index in [1.165, 1.54) is 18.3 Å². The molecule has 0 radical (unpaired) electrons. The molecule has 2 N–H and O–H groups in total. The zero-order valence-electron chi connectivity index (χ0n) is 8.86. The van der Waals surface area contributed by atoms with Crippen molar-refractivity contribution >= 4 is 5.82 Å². The molecule has 0 unspecified atom stereocenters. The molecule has 1 aromatic carbocycles. The Bertz CT molecular complexity index is 514. The standard InChI is InChI=1S/C12H10F2N2O/c13-9-2-1-3-10(12(9)14)17-7-8-4-5-11(15)16-6-8/h1-6H,7H2,(H2,15,16). The molecular formula is C12H10F2N2O. The minimum Gasteiger partial charge on any atom is -0.486 e. The van der Waals surface area contributed by atoms with Gasteiger partial charge in [0.05, 0.1) is 0 Å². The molecular weight excluding hydrogens is 226 g/mol. The largest absolute Gasteiger partial charge is 0.486 e. The molecule has 17 heavy (non-hydrogen) atoms. The molecule has 0 fully saturated rings. The quantitative estimate of drug-likeness (QED) is 0.890. The summed E-state index contributed by atoms with van der Waals surface area (Å²) in [5.74, 6) is -1.65. The smallest absolute Gasteiger partial charge is 0.200 e. The summed E-state index contributed by atoms with van der Waals surface area (Å²) in [6.45, 7) is 0.105. The summed E-state index contributed by atoms with van der Waals surface area (Å²) >= 11 is 0. The van der Waals surface area contributed by atoms with Gasteiger partial charge in [-0.1, -0.05) is 12.1 Å². The number of ether oxygens (including phenoxy) is 1.